The Kier molecular flexibility index (Phi) is 12.9. The van der Waals surface area contributed by atoms with Crippen LogP contribution in [-0.2, 0) is 25.5 Å². The molecule has 54 heavy (non-hydrogen) atoms. The van der Waals surface area contributed by atoms with Crippen molar-refractivity contribution >= 4 is 79.7 Å². The number of nitrogens with one attached hydrogen (secondary N) is 5. The van der Waals surface area contributed by atoms with Crippen molar-refractivity contribution in [3.63, 3.8) is 0 Å². The summed E-state index contributed by atoms with van der Waals surface area (Å²) in [5, 5.41) is 29.1. The molecule has 6 rings (SSSR count). The number of ether oxygens (including phenoxy) is 1. The quantitative estimate of drug-likeness (QED) is 0.206. The average Bonchev–Trinajstić information content (AvgIpc) is 3.90. The van der Waals surface area contributed by atoms with Gasteiger partial charge in [0.05, 0.1) is 18.2 Å². The van der Waals surface area contributed by atoms with Crippen LogP contribution in [0.2, 0.25) is 0 Å². The topological polar surface area (TPSA) is 213 Å². The van der Waals surface area contributed by atoms with E-state index in [1.807, 2.05) is 44.2 Å². The predicted molar refractivity (Wildman–Crippen MR) is 208 cm³/mol. The highest BCUT2D eigenvalue weighted by atomic mass is 33.1. The van der Waals surface area contributed by atoms with Gasteiger partial charge in [0, 0.05) is 22.3 Å². The standard InChI is InChI=1S/C35H42N8O7S4/c1-16(2)10-20-34-40-23(13-51-34)29(46)39-25-15-54-53-14-24(30(47)42-26(17(3)44)31(48)36-20)38-28(45)22-12-52-35(41-22)21(11-19-8-6-5-7-9-19)37-32(49)27-18(4)50-33(25)43-27/h5-9,12-13,16-18,20-21,24-27,44H,10-11,14-15H2,1-4H3,(H,36,48)(H,37,49)(H,38,45)(H,39,46)(H,42,47)/t17-,18-,20-,21-,24+,25+,26+,27+/m1/s1. The molecule has 1 aromatic carbocycles. The average molecular weight is 815 g/mol. The monoisotopic (exact) mass is 814 g/mol. The summed E-state index contributed by atoms with van der Waals surface area (Å²) in [4.78, 5) is 82.7. The lowest BCUT2D eigenvalue weighted by molar-refractivity contribution is -0.132. The molecule has 2 aromatic heterocycles. The van der Waals surface area contributed by atoms with Crippen molar-refractivity contribution in [3.05, 3.63) is 68.1 Å². The van der Waals surface area contributed by atoms with Gasteiger partial charge in [0.2, 0.25) is 23.6 Å². The fraction of sp³-hybridized carbons (Fsp3) is 0.486. The Bertz CT molecular complexity index is 1890. The molecule has 0 spiro atoms. The fourth-order valence-corrected chi connectivity index (χ4v) is 10.1. The van der Waals surface area contributed by atoms with Crippen LogP contribution in [-0.4, -0.2) is 98.4 Å². The van der Waals surface area contributed by atoms with Gasteiger partial charge in [-0.2, -0.15) is 0 Å². The lowest BCUT2D eigenvalue weighted by Crippen LogP contribution is -2.58. The normalized spacial score (nSPS) is 27.6. The predicted octanol–water partition coefficient (Wildman–Crippen LogP) is 2.56. The third kappa shape index (κ3) is 9.60. The molecule has 3 aliphatic heterocycles. The maximum absolute atomic E-state index is 13.9. The summed E-state index contributed by atoms with van der Waals surface area (Å²) in [7, 11) is 2.53. The molecule has 0 fully saturated rings. The van der Waals surface area contributed by atoms with Crippen molar-refractivity contribution in [3.8, 4) is 0 Å². The van der Waals surface area contributed by atoms with Gasteiger partial charge in [-0.05, 0) is 38.2 Å². The van der Waals surface area contributed by atoms with Gasteiger partial charge in [0.25, 0.3) is 11.8 Å². The second-order valence-electron chi connectivity index (χ2n) is 13.7. The van der Waals surface area contributed by atoms with Gasteiger partial charge in [-0.1, -0.05) is 65.8 Å². The zero-order valence-corrected chi connectivity index (χ0v) is 33.2. The Morgan fingerprint density at radius 2 is 1.37 bits per heavy atom. The molecule has 3 aromatic rings. The molecule has 0 saturated carbocycles. The molecule has 0 radical (unpaired) electrons. The maximum Gasteiger partial charge on any atom is 0.271 e. The van der Waals surface area contributed by atoms with Gasteiger partial charge in [0.15, 0.2) is 6.04 Å². The summed E-state index contributed by atoms with van der Waals surface area (Å²) in [6, 6.07) is 4.00. The van der Waals surface area contributed by atoms with E-state index in [1.54, 1.807) is 17.7 Å². The Morgan fingerprint density at radius 3 is 2.00 bits per heavy atom. The van der Waals surface area contributed by atoms with Gasteiger partial charge in [0.1, 0.15) is 45.6 Å². The molecule has 0 aliphatic carbocycles. The number of benzene rings is 1. The molecule has 0 unspecified atom stereocenters. The van der Waals surface area contributed by atoms with Crippen LogP contribution in [0, 0.1) is 5.92 Å². The second-order valence-corrected chi connectivity index (χ2v) is 18.0. The van der Waals surface area contributed by atoms with Crippen molar-refractivity contribution in [2.75, 3.05) is 11.5 Å². The molecule has 8 atom stereocenters. The largest absolute Gasteiger partial charge is 0.474 e. The number of carbonyl (C=O) groups excluding carboxylic acids is 5. The minimum absolute atomic E-state index is 0.0438. The molecule has 8 bridgehead atoms. The molecular weight excluding hydrogens is 773 g/mol. The van der Waals surface area contributed by atoms with E-state index in [1.165, 1.54) is 51.2 Å². The Morgan fingerprint density at radius 1 is 0.778 bits per heavy atom. The molecule has 15 nitrogen and oxygen atoms in total. The highest BCUT2D eigenvalue weighted by Crippen LogP contribution is 2.29. The molecule has 288 valence electrons. The van der Waals surface area contributed by atoms with Gasteiger partial charge in [-0.25, -0.2) is 15.0 Å². The summed E-state index contributed by atoms with van der Waals surface area (Å²) >= 11 is 2.39. The van der Waals surface area contributed by atoms with Crippen LogP contribution in [0.25, 0.3) is 0 Å². The molecule has 3 aliphatic rings. The molecule has 6 N–H and O–H groups in total. The van der Waals surface area contributed by atoms with Crippen molar-refractivity contribution in [2.45, 2.75) is 89.0 Å². The number of rotatable bonds is 5. The minimum Gasteiger partial charge on any atom is -0.474 e. The number of hydrogen-bond acceptors (Lipinski definition) is 14. The zero-order valence-electron chi connectivity index (χ0n) is 29.9. The summed E-state index contributed by atoms with van der Waals surface area (Å²) in [6.07, 6.45) is -1.12. The van der Waals surface area contributed by atoms with E-state index in [2.05, 4.69) is 41.5 Å². The van der Waals surface area contributed by atoms with E-state index in [-0.39, 0.29) is 34.7 Å². The molecule has 5 amide bonds. The van der Waals surface area contributed by atoms with Gasteiger partial charge < -0.3 is 36.4 Å². The van der Waals surface area contributed by atoms with Crippen LogP contribution in [0.1, 0.15) is 82.8 Å². The minimum atomic E-state index is -1.37. The van der Waals surface area contributed by atoms with Crippen LogP contribution in [0.3, 0.4) is 0 Å². The first-order valence-electron chi connectivity index (χ1n) is 17.5. The molecular formula is C35H42N8O7S4. The molecule has 0 saturated heterocycles. The fourth-order valence-electron chi connectivity index (χ4n) is 6.05. The van der Waals surface area contributed by atoms with Crippen LogP contribution in [0.4, 0.5) is 0 Å². The Balaban J connectivity index is 1.41. The summed E-state index contributed by atoms with van der Waals surface area (Å²) in [5.74, 6) is -2.33. The van der Waals surface area contributed by atoms with Crippen LogP contribution in [0.15, 0.2) is 46.1 Å². The number of carbonyl (C=O) groups is 5. The third-order valence-electron chi connectivity index (χ3n) is 8.85. The zero-order chi connectivity index (χ0) is 38.5. The lowest BCUT2D eigenvalue weighted by Gasteiger charge is -2.27. The van der Waals surface area contributed by atoms with Crippen molar-refractivity contribution in [2.24, 2.45) is 10.9 Å². The number of aliphatic imine (C=N–C) groups is 1. The number of fused-ring (bicyclic) bond motifs is 11. The molecule has 19 heteroatoms. The number of aliphatic hydroxyl groups is 1. The van der Waals surface area contributed by atoms with Crippen molar-refractivity contribution in [1.82, 2.24) is 36.6 Å². The van der Waals surface area contributed by atoms with E-state index >= 15 is 0 Å². The summed E-state index contributed by atoms with van der Waals surface area (Å²) < 4.78 is 6.15. The van der Waals surface area contributed by atoms with E-state index in [4.69, 9.17) is 4.74 Å². The maximum atomic E-state index is 13.9. The Labute approximate surface area is 328 Å². The highest BCUT2D eigenvalue weighted by molar-refractivity contribution is 8.76. The number of aromatic nitrogens is 2. The SMILES string of the molecule is CC(C)C[C@H]1NC(=O)[C@H]([C@@H](C)O)NC(=O)[C@@H]2CSSC[C@H](NC(=O)c3csc1n3)C1=N[C@H](C(=O)N[C@H](Cc3ccccc3)c3nc(cs3)C(=O)N2)[C@@H](C)O1. The van der Waals surface area contributed by atoms with E-state index in [0.29, 0.717) is 22.9 Å². The van der Waals surface area contributed by atoms with E-state index in [0.717, 1.165) is 5.56 Å². The third-order valence-corrected chi connectivity index (χ3v) is 13.2. The number of hydrogen-bond donors (Lipinski definition) is 6. The van der Waals surface area contributed by atoms with E-state index in [9.17, 15) is 29.1 Å². The van der Waals surface area contributed by atoms with Crippen molar-refractivity contribution in [1.29, 1.82) is 0 Å². The van der Waals surface area contributed by atoms with Crippen molar-refractivity contribution < 1.29 is 33.8 Å². The number of nitrogens with zero attached hydrogens (tertiary/aromatic N) is 3. The van der Waals surface area contributed by atoms with Crippen LogP contribution >= 0.6 is 44.3 Å². The first kappa shape index (κ1) is 39.6. The second kappa shape index (κ2) is 17.6. The lowest BCUT2D eigenvalue weighted by atomic mass is 10.0. The van der Waals surface area contributed by atoms with Gasteiger partial charge >= 0.3 is 0 Å². The summed E-state index contributed by atoms with van der Waals surface area (Å²) in [6.45, 7) is 7.07. The first-order chi connectivity index (χ1) is 25.9. The summed E-state index contributed by atoms with van der Waals surface area (Å²) in [5.41, 5.74) is 1.10. The number of thiazole rings is 2. The number of aliphatic hydroxyl groups excluding tert-OH is 1. The highest BCUT2D eigenvalue weighted by Gasteiger charge is 2.39. The first-order valence-corrected chi connectivity index (χ1v) is 21.8. The number of amides is 5. The molecule has 5 heterocycles. The van der Waals surface area contributed by atoms with E-state index < -0.39 is 78.0 Å². The Hall–Kier alpha value is -4.04. The van der Waals surface area contributed by atoms with Crippen LogP contribution < -0.4 is 26.6 Å². The van der Waals surface area contributed by atoms with Crippen LogP contribution in [0.5, 0.6) is 0 Å². The van der Waals surface area contributed by atoms with Gasteiger partial charge in [-0.3, -0.25) is 24.0 Å². The smallest absolute Gasteiger partial charge is 0.271 e. The van der Waals surface area contributed by atoms with Gasteiger partial charge in [-0.15, -0.1) is 22.7 Å².